The number of aryl methyl sites for hydroxylation is 5. The van der Waals surface area contributed by atoms with E-state index in [1.807, 2.05) is 101 Å². The molecule has 1 fully saturated rings. The number of Topliss-reactive ketones (excluding diaryl/α,β-unsaturated/α-hetero) is 1. The van der Waals surface area contributed by atoms with Crippen molar-refractivity contribution in [2.24, 2.45) is 11.8 Å². The van der Waals surface area contributed by atoms with Crippen LogP contribution < -0.4 is 15.4 Å². The number of ketones is 1. The molecule has 5 rings (SSSR count). The predicted octanol–water partition coefficient (Wildman–Crippen LogP) is 7.89. The molecule has 4 aromatic carbocycles. The Labute approximate surface area is 284 Å². The lowest BCUT2D eigenvalue weighted by Crippen LogP contribution is -2.56. The number of hydrogen-bond acceptors (Lipinski definition) is 5. The molecule has 0 heterocycles. The molecule has 8 heteroatoms. The van der Waals surface area contributed by atoms with Gasteiger partial charge in [0.1, 0.15) is 24.1 Å². The summed E-state index contributed by atoms with van der Waals surface area (Å²) in [4.78, 5) is 42.7. The van der Waals surface area contributed by atoms with Gasteiger partial charge in [-0.25, -0.2) is 0 Å². The first-order chi connectivity index (χ1) is 22.2. The molecule has 4 unspecified atom stereocenters. The lowest BCUT2D eigenvalue weighted by Gasteiger charge is -2.45. The second kappa shape index (κ2) is 13.8. The Morgan fingerprint density at radius 3 is 1.96 bits per heavy atom. The first-order valence-corrected chi connectivity index (χ1v) is 16.5. The number of hydrogen-bond donors (Lipinski definition) is 3. The van der Waals surface area contributed by atoms with E-state index in [2.05, 4.69) is 26.6 Å². The fourth-order valence-electron chi connectivity index (χ4n) is 6.38. The van der Waals surface area contributed by atoms with Crippen molar-refractivity contribution in [1.82, 2.24) is 0 Å². The fourth-order valence-corrected chi connectivity index (χ4v) is 6.76. The second-order valence-corrected chi connectivity index (χ2v) is 14.0. The van der Waals surface area contributed by atoms with Crippen LogP contribution in [0.4, 0.5) is 11.4 Å². The number of rotatable bonds is 8. The lowest BCUT2D eigenvalue weighted by atomic mass is 9.61. The van der Waals surface area contributed by atoms with Crippen LogP contribution in [0.1, 0.15) is 58.2 Å². The smallest absolute Gasteiger partial charge is 0.235 e. The zero-order chi connectivity index (χ0) is 34.0. The summed E-state index contributed by atoms with van der Waals surface area (Å²) in [6.45, 7) is 11.4. The molecular weight excluding hydrogens is 656 g/mol. The van der Waals surface area contributed by atoms with Gasteiger partial charge in [-0.3, -0.25) is 14.4 Å². The zero-order valence-corrected chi connectivity index (χ0v) is 29.2. The number of ether oxygens (including phenoxy) is 1. The molecule has 0 aromatic heterocycles. The van der Waals surface area contributed by atoms with Crippen LogP contribution >= 0.6 is 15.9 Å². The average Bonchev–Trinajstić information content (AvgIpc) is 3.00. The minimum Gasteiger partial charge on any atom is -0.489 e. The summed E-state index contributed by atoms with van der Waals surface area (Å²) in [6.07, 6.45) is -0.368. The second-order valence-electron chi connectivity index (χ2n) is 13.1. The largest absolute Gasteiger partial charge is 0.489 e. The van der Waals surface area contributed by atoms with Crippen LogP contribution in [0, 0.1) is 46.5 Å². The third kappa shape index (κ3) is 7.66. The van der Waals surface area contributed by atoms with E-state index in [1.54, 1.807) is 12.1 Å². The fraction of sp³-hybridized carbons (Fsp3) is 0.308. The number of halogens is 1. The minimum atomic E-state index is -1.77. The quantitative estimate of drug-likeness (QED) is 0.163. The van der Waals surface area contributed by atoms with Crippen molar-refractivity contribution in [3.05, 3.63) is 122 Å². The van der Waals surface area contributed by atoms with Crippen molar-refractivity contribution >= 4 is 44.9 Å². The number of carbonyl (C=O) groups excluding carboxylic acids is 3. The number of benzene rings is 4. The van der Waals surface area contributed by atoms with Crippen LogP contribution in [-0.2, 0) is 21.0 Å². The standard InChI is InChI=1S/C39H41BrN2O5/c1-22-9-13-27(14-10-22)21-47-33-16-15-28(40)19-29(33)34-35(37(44)41-30-17-23(2)7-11-25(30)4)32(43)20-39(6,46)36(34)38(45)42-31-18-24(3)8-12-26(31)5/h7-19,34-36,46H,20-21H2,1-6H3,(H,41,44)(H,42,45). The van der Waals surface area contributed by atoms with Gasteiger partial charge >= 0.3 is 0 Å². The molecule has 7 nitrogen and oxygen atoms in total. The van der Waals surface area contributed by atoms with E-state index >= 15 is 0 Å². The molecule has 1 aliphatic rings. The predicted molar refractivity (Wildman–Crippen MR) is 189 cm³/mol. The molecule has 0 spiro atoms. The van der Waals surface area contributed by atoms with E-state index in [0.717, 1.165) is 33.4 Å². The number of carbonyl (C=O) groups is 3. The molecule has 0 radical (unpaired) electrons. The van der Waals surface area contributed by atoms with Crippen molar-refractivity contribution in [3.8, 4) is 5.75 Å². The average molecular weight is 698 g/mol. The monoisotopic (exact) mass is 696 g/mol. The maximum atomic E-state index is 14.4. The molecule has 2 amide bonds. The topological polar surface area (TPSA) is 105 Å². The molecule has 4 aromatic rings. The van der Waals surface area contributed by atoms with Crippen LogP contribution in [0.3, 0.4) is 0 Å². The third-order valence-electron chi connectivity index (χ3n) is 8.98. The Hall–Kier alpha value is -4.27. The van der Waals surface area contributed by atoms with Crippen LogP contribution in [0.5, 0.6) is 5.75 Å². The lowest BCUT2D eigenvalue weighted by molar-refractivity contribution is -0.150. The molecule has 0 bridgehead atoms. The maximum absolute atomic E-state index is 14.4. The summed E-state index contributed by atoms with van der Waals surface area (Å²) in [5, 5.41) is 17.9. The summed E-state index contributed by atoms with van der Waals surface area (Å²) in [5.74, 6) is -4.62. The highest BCUT2D eigenvalue weighted by molar-refractivity contribution is 9.10. The normalized spacial score (nSPS) is 20.9. The Kier molecular flexibility index (Phi) is 10.0. The summed E-state index contributed by atoms with van der Waals surface area (Å²) in [7, 11) is 0. The summed E-state index contributed by atoms with van der Waals surface area (Å²) in [6, 6.07) is 24.7. The highest BCUT2D eigenvalue weighted by Crippen LogP contribution is 2.49. The van der Waals surface area contributed by atoms with Crippen molar-refractivity contribution in [1.29, 1.82) is 0 Å². The maximum Gasteiger partial charge on any atom is 0.235 e. The molecule has 1 saturated carbocycles. The number of amides is 2. The molecule has 0 saturated heterocycles. The van der Waals surface area contributed by atoms with Gasteiger partial charge < -0.3 is 20.5 Å². The first-order valence-electron chi connectivity index (χ1n) is 15.7. The van der Waals surface area contributed by atoms with Gasteiger partial charge in [0.15, 0.2) is 0 Å². The molecule has 244 valence electrons. The molecule has 47 heavy (non-hydrogen) atoms. The molecular formula is C39H41BrN2O5. The van der Waals surface area contributed by atoms with E-state index < -0.39 is 41.0 Å². The number of aliphatic hydroxyl groups is 1. The van der Waals surface area contributed by atoms with E-state index in [9.17, 15) is 19.5 Å². The Morgan fingerprint density at radius 1 is 0.809 bits per heavy atom. The summed E-state index contributed by atoms with van der Waals surface area (Å²) < 4.78 is 7.04. The van der Waals surface area contributed by atoms with Crippen LogP contribution in [0.15, 0.2) is 83.3 Å². The van der Waals surface area contributed by atoms with Gasteiger partial charge in [0, 0.05) is 33.7 Å². The minimum absolute atomic E-state index is 0.227. The van der Waals surface area contributed by atoms with Gasteiger partial charge in [0.05, 0.1) is 11.5 Å². The highest BCUT2D eigenvalue weighted by atomic mass is 79.9. The van der Waals surface area contributed by atoms with E-state index in [1.165, 1.54) is 6.92 Å². The first kappa shape index (κ1) is 34.1. The van der Waals surface area contributed by atoms with Crippen LogP contribution in [-0.4, -0.2) is 28.3 Å². The molecule has 1 aliphatic carbocycles. The van der Waals surface area contributed by atoms with Crippen LogP contribution in [0.25, 0.3) is 0 Å². The third-order valence-corrected chi connectivity index (χ3v) is 9.47. The zero-order valence-electron chi connectivity index (χ0n) is 27.6. The molecule has 3 N–H and O–H groups in total. The van der Waals surface area contributed by atoms with Crippen molar-refractivity contribution < 1.29 is 24.2 Å². The van der Waals surface area contributed by atoms with E-state index in [0.29, 0.717) is 27.2 Å². The van der Waals surface area contributed by atoms with Gasteiger partial charge in [-0.1, -0.05) is 70.0 Å². The Bertz CT molecular complexity index is 1830. The van der Waals surface area contributed by atoms with Crippen molar-refractivity contribution in [2.75, 3.05) is 10.6 Å². The van der Waals surface area contributed by atoms with Crippen molar-refractivity contribution in [2.45, 2.75) is 66.1 Å². The molecule has 0 aliphatic heterocycles. The van der Waals surface area contributed by atoms with Gasteiger partial charge in [-0.15, -0.1) is 0 Å². The van der Waals surface area contributed by atoms with Gasteiger partial charge in [-0.2, -0.15) is 0 Å². The number of anilines is 2. The van der Waals surface area contributed by atoms with Gasteiger partial charge in [0.25, 0.3) is 0 Å². The van der Waals surface area contributed by atoms with Gasteiger partial charge in [0.2, 0.25) is 11.8 Å². The number of nitrogens with one attached hydrogen (secondary N) is 2. The Balaban J connectivity index is 1.63. The van der Waals surface area contributed by atoms with E-state index in [4.69, 9.17) is 4.74 Å². The van der Waals surface area contributed by atoms with Gasteiger partial charge in [-0.05, 0) is 99.7 Å². The highest BCUT2D eigenvalue weighted by Gasteiger charge is 2.56. The summed E-state index contributed by atoms with van der Waals surface area (Å²) in [5.41, 5.74) is 5.54. The van der Waals surface area contributed by atoms with E-state index in [-0.39, 0.29) is 13.0 Å². The SMILES string of the molecule is Cc1ccc(COc2ccc(Br)cc2C2C(C(=O)Nc3cc(C)ccc3C)C(=O)CC(C)(O)C2C(=O)Nc2cc(C)ccc2C)cc1. The Morgan fingerprint density at radius 2 is 1.36 bits per heavy atom. The summed E-state index contributed by atoms with van der Waals surface area (Å²) >= 11 is 3.56. The van der Waals surface area contributed by atoms with Crippen molar-refractivity contribution in [3.63, 3.8) is 0 Å². The molecule has 4 atom stereocenters. The van der Waals surface area contributed by atoms with Crippen LogP contribution in [0.2, 0.25) is 0 Å².